The van der Waals surface area contributed by atoms with E-state index in [2.05, 4.69) is 30.4 Å². The van der Waals surface area contributed by atoms with E-state index in [9.17, 15) is 9.59 Å². The number of hydrogen-bond acceptors (Lipinski definition) is 3. The van der Waals surface area contributed by atoms with Gasteiger partial charge in [0.2, 0.25) is 11.8 Å². The van der Waals surface area contributed by atoms with Crippen molar-refractivity contribution < 1.29 is 9.59 Å². The van der Waals surface area contributed by atoms with Crippen LogP contribution in [0.4, 0.5) is 0 Å². The number of carbonyl (C=O) groups is 2. The smallest absolute Gasteiger partial charge is 0.246 e. The van der Waals surface area contributed by atoms with E-state index in [-0.39, 0.29) is 24.3 Å². The molecule has 1 aromatic carbocycles. The minimum atomic E-state index is -0.396. The third-order valence-corrected chi connectivity index (χ3v) is 3.73. The van der Waals surface area contributed by atoms with Gasteiger partial charge in [0.05, 0.1) is 12.5 Å². The topological polar surface area (TPSA) is 49.4 Å². The third kappa shape index (κ3) is 2.68. The molecule has 2 rings (SSSR count). The Morgan fingerprint density at radius 3 is 2.58 bits per heavy atom. The number of likely N-dealkylation sites (N-methyl/N-ethyl adjacent to an activating group) is 1. The normalized spacial score (nSPS) is 21.1. The molecule has 0 aliphatic carbocycles. The van der Waals surface area contributed by atoms with Crippen molar-refractivity contribution in [3.05, 3.63) is 34.9 Å². The fourth-order valence-electron chi connectivity index (χ4n) is 2.50. The summed E-state index contributed by atoms with van der Waals surface area (Å²) in [6, 6.07) is 5.93. The minimum Gasteiger partial charge on any atom is -0.299 e. The van der Waals surface area contributed by atoms with Crippen LogP contribution in [0.25, 0.3) is 0 Å². The van der Waals surface area contributed by atoms with Crippen LogP contribution in [-0.2, 0) is 9.59 Å². The highest BCUT2D eigenvalue weighted by Gasteiger charge is 2.36. The van der Waals surface area contributed by atoms with E-state index >= 15 is 0 Å². The van der Waals surface area contributed by atoms with Gasteiger partial charge in [-0.3, -0.25) is 19.8 Å². The summed E-state index contributed by atoms with van der Waals surface area (Å²) in [5.41, 5.74) is 3.56. The Hall–Kier alpha value is -1.68. The summed E-state index contributed by atoms with van der Waals surface area (Å²) < 4.78 is 0. The number of benzene rings is 1. The first-order chi connectivity index (χ1) is 8.90. The minimum absolute atomic E-state index is 0.0492. The number of amides is 2. The largest absolute Gasteiger partial charge is 0.299 e. The second kappa shape index (κ2) is 5.13. The summed E-state index contributed by atoms with van der Waals surface area (Å²) >= 11 is 0. The highest BCUT2D eigenvalue weighted by atomic mass is 16.2. The Morgan fingerprint density at radius 2 is 2.00 bits per heavy atom. The summed E-state index contributed by atoms with van der Waals surface area (Å²) in [5, 5.41) is 3.26. The number of nitrogens with zero attached hydrogens (tertiary/aromatic N) is 1. The van der Waals surface area contributed by atoms with Gasteiger partial charge < -0.3 is 0 Å². The maximum absolute atomic E-state index is 11.9. The first kappa shape index (κ1) is 13.7. The summed E-state index contributed by atoms with van der Waals surface area (Å²) in [4.78, 5) is 24.6. The molecule has 1 fully saturated rings. The van der Waals surface area contributed by atoms with E-state index in [1.54, 1.807) is 0 Å². The zero-order valence-corrected chi connectivity index (χ0v) is 11.9. The molecule has 19 heavy (non-hydrogen) atoms. The molecule has 1 aliphatic heterocycles. The molecule has 1 aromatic rings. The Morgan fingerprint density at radius 1 is 1.32 bits per heavy atom. The van der Waals surface area contributed by atoms with E-state index in [0.717, 1.165) is 0 Å². The molecule has 2 atom stereocenters. The van der Waals surface area contributed by atoms with Crippen molar-refractivity contribution in [2.24, 2.45) is 0 Å². The number of likely N-dealkylation sites (tertiary alicyclic amines) is 1. The van der Waals surface area contributed by atoms with Gasteiger partial charge in [-0.2, -0.15) is 0 Å². The van der Waals surface area contributed by atoms with Gasteiger partial charge >= 0.3 is 0 Å². The Bertz CT molecular complexity index is 525. The lowest BCUT2D eigenvalue weighted by molar-refractivity contribution is -0.137. The molecule has 0 saturated carbocycles. The van der Waals surface area contributed by atoms with Crippen LogP contribution in [0.15, 0.2) is 18.2 Å². The van der Waals surface area contributed by atoms with Crippen LogP contribution < -0.4 is 5.32 Å². The summed E-state index contributed by atoms with van der Waals surface area (Å²) in [5.74, 6) is -0.252. The number of rotatable bonds is 3. The predicted octanol–water partition coefficient (Wildman–Crippen LogP) is 1.71. The molecule has 4 nitrogen and oxygen atoms in total. The first-order valence-corrected chi connectivity index (χ1v) is 6.53. The van der Waals surface area contributed by atoms with E-state index in [0.29, 0.717) is 0 Å². The molecule has 0 aromatic heterocycles. The standard InChI is InChI=1S/C15H20N2O2/c1-9-5-6-10(2)12(7-9)11(3)16-13-8-14(18)17(4)15(13)19/h5-7,11,13,16H,8H2,1-4H3. The van der Waals surface area contributed by atoms with Crippen molar-refractivity contribution in [3.63, 3.8) is 0 Å². The van der Waals surface area contributed by atoms with Crippen molar-refractivity contribution in [2.45, 2.75) is 39.3 Å². The molecule has 4 heteroatoms. The van der Waals surface area contributed by atoms with Crippen molar-refractivity contribution in [1.29, 1.82) is 0 Å². The fourth-order valence-corrected chi connectivity index (χ4v) is 2.50. The molecule has 0 radical (unpaired) electrons. The van der Waals surface area contributed by atoms with Crippen LogP contribution in [0.2, 0.25) is 0 Å². The summed E-state index contributed by atoms with van der Waals surface area (Å²) in [6.45, 7) is 6.13. The van der Waals surface area contributed by atoms with E-state index < -0.39 is 6.04 Å². The van der Waals surface area contributed by atoms with Crippen LogP contribution in [0, 0.1) is 13.8 Å². The van der Waals surface area contributed by atoms with Crippen LogP contribution >= 0.6 is 0 Å². The lowest BCUT2D eigenvalue weighted by Crippen LogP contribution is -2.38. The van der Waals surface area contributed by atoms with Crippen molar-refractivity contribution in [2.75, 3.05) is 7.05 Å². The molecular weight excluding hydrogens is 240 g/mol. The van der Waals surface area contributed by atoms with E-state index in [4.69, 9.17) is 0 Å². The lowest BCUT2D eigenvalue weighted by atomic mass is 9.99. The molecule has 0 spiro atoms. The van der Waals surface area contributed by atoms with Crippen molar-refractivity contribution in [3.8, 4) is 0 Å². The molecular formula is C15H20N2O2. The average molecular weight is 260 g/mol. The Balaban J connectivity index is 2.13. The number of imide groups is 1. The monoisotopic (exact) mass is 260 g/mol. The van der Waals surface area contributed by atoms with Crippen molar-refractivity contribution >= 4 is 11.8 Å². The molecule has 0 bridgehead atoms. The average Bonchev–Trinajstić information content (AvgIpc) is 2.60. The zero-order valence-electron chi connectivity index (χ0n) is 11.9. The van der Waals surface area contributed by atoms with Crippen LogP contribution in [-0.4, -0.2) is 29.8 Å². The number of carbonyl (C=O) groups excluding carboxylic acids is 2. The Kier molecular flexibility index (Phi) is 3.71. The van der Waals surface area contributed by atoms with E-state index in [1.165, 1.54) is 28.6 Å². The molecule has 1 N–H and O–H groups in total. The van der Waals surface area contributed by atoms with Gasteiger partial charge in [-0.15, -0.1) is 0 Å². The molecule has 1 saturated heterocycles. The maximum atomic E-state index is 11.9. The SMILES string of the molecule is Cc1ccc(C)c(C(C)NC2CC(=O)N(C)C2=O)c1. The lowest BCUT2D eigenvalue weighted by Gasteiger charge is -2.20. The van der Waals surface area contributed by atoms with Gasteiger partial charge in [0, 0.05) is 13.1 Å². The van der Waals surface area contributed by atoms with Gasteiger partial charge in [0.1, 0.15) is 0 Å². The summed E-state index contributed by atoms with van der Waals surface area (Å²) in [7, 11) is 1.54. The second-order valence-electron chi connectivity index (χ2n) is 5.30. The highest BCUT2D eigenvalue weighted by molar-refractivity contribution is 6.05. The van der Waals surface area contributed by atoms with Gasteiger partial charge in [0.15, 0.2) is 0 Å². The van der Waals surface area contributed by atoms with Crippen molar-refractivity contribution in [1.82, 2.24) is 10.2 Å². The first-order valence-electron chi connectivity index (χ1n) is 6.53. The number of hydrogen-bond donors (Lipinski definition) is 1. The third-order valence-electron chi connectivity index (χ3n) is 3.73. The fraction of sp³-hybridized carbons (Fsp3) is 0.467. The van der Waals surface area contributed by atoms with Gasteiger partial charge in [-0.1, -0.05) is 23.8 Å². The molecule has 1 aliphatic rings. The molecule has 2 unspecified atom stereocenters. The van der Waals surface area contributed by atoms with Crippen LogP contribution in [0.5, 0.6) is 0 Å². The quantitative estimate of drug-likeness (QED) is 0.842. The predicted molar refractivity (Wildman–Crippen MR) is 73.6 cm³/mol. The van der Waals surface area contributed by atoms with Gasteiger partial charge in [-0.05, 0) is 31.9 Å². The van der Waals surface area contributed by atoms with Gasteiger partial charge in [0.25, 0.3) is 0 Å². The Labute approximate surface area is 113 Å². The highest BCUT2D eigenvalue weighted by Crippen LogP contribution is 2.21. The van der Waals surface area contributed by atoms with E-state index in [1.807, 2.05) is 13.8 Å². The van der Waals surface area contributed by atoms with Crippen LogP contribution in [0.3, 0.4) is 0 Å². The zero-order chi connectivity index (χ0) is 14.2. The number of aryl methyl sites for hydroxylation is 2. The maximum Gasteiger partial charge on any atom is 0.246 e. The number of nitrogens with one attached hydrogen (secondary N) is 1. The summed E-state index contributed by atoms with van der Waals surface area (Å²) in [6.07, 6.45) is 0.255. The molecule has 2 amide bonds. The van der Waals surface area contributed by atoms with Gasteiger partial charge in [-0.25, -0.2) is 0 Å². The van der Waals surface area contributed by atoms with Crippen LogP contribution in [0.1, 0.15) is 36.1 Å². The molecule has 102 valence electrons. The second-order valence-corrected chi connectivity index (χ2v) is 5.30. The molecule has 1 heterocycles.